The number of amides is 1. The van der Waals surface area contributed by atoms with Gasteiger partial charge in [-0.15, -0.1) is 0 Å². The van der Waals surface area contributed by atoms with E-state index in [1.165, 1.54) is 0 Å². The Balaban J connectivity index is 2.06. The molecular formula is C15H19ClN2O. The number of nitrogens with one attached hydrogen (secondary N) is 1. The molecule has 0 aromatic heterocycles. The van der Waals surface area contributed by atoms with Gasteiger partial charge in [0.15, 0.2) is 0 Å². The van der Waals surface area contributed by atoms with Gasteiger partial charge < -0.3 is 10.2 Å². The van der Waals surface area contributed by atoms with Crippen molar-refractivity contribution in [3.8, 4) is 0 Å². The van der Waals surface area contributed by atoms with Gasteiger partial charge in [-0.25, -0.2) is 0 Å². The highest BCUT2D eigenvalue weighted by molar-refractivity contribution is 6.30. The zero-order valence-electron chi connectivity index (χ0n) is 11.3. The molecule has 0 bridgehead atoms. The van der Waals surface area contributed by atoms with Gasteiger partial charge >= 0.3 is 0 Å². The highest BCUT2D eigenvalue weighted by Crippen LogP contribution is 2.17. The smallest absolute Gasteiger partial charge is 0.247 e. The second-order valence-corrected chi connectivity index (χ2v) is 5.80. The monoisotopic (exact) mass is 278 g/mol. The van der Waals surface area contributed by atoms with Gasteiger partial charge in [0.2, 0.25) is 5.91 Å². The van der Waals surface area contributed by atoms with E-state index in [2.05, 4.69) is 19.2 Å². The van der Waals surface area contributed by atoms with E-state index in [9.17, 15) is 4.79 Å². The van der Waals surface area contributed by atoms with Gasteiger partial charge in [-0.1, -0.05) is 23.7 Å². The lowest BCUT2D eigenvalue weighted by atomic mass is 10.00. The normalized spacial score (nSPS) is 18.8. The van der Waals surface area contributed by atoms with Crippen molar-refractivity contribution in [3.05, 3.63) is 40.9 Å². The molecule has 1 aromatic carbocycles. The van der Waals surface area contributed by atoms with Gasteiger partial charge in [0.05, 0.1) is 5.54 Å². The minimum absolute atomic E-state index is 0.0569. The van der Waals surface area contributed by atoms with Crippen molar-refractivity contribution in [2.45, 2.75) is 19.4 Å². The maximum absolute atomic E-state index is 12.2. The third-order valence-electron chi connectivity index (χ3n) is 3.35. The van der Waals surface area contributed by atoms with E-state index in [1.807, 2.05) is 35.2 Å². The average molecular weight is 279 g/mol. The fraction of sp³-hybridized carbons (Fsp3) is 0.400. The van der Waals surface area contributed by atoms with Crippen LogP contribution in [0.5, 0.6) is 0 Å². The van der Waals surface area contributed by atoms with Crippen LogP contribution in [-0.2, 0) is 4.79 Å². The summed E-state index contributed by atoms with van der Waals surface area (Å²) in [6.45, 7) is 6.58. The van der Waals surface area contributed by atoms with E-state index in [-0.39, 0.29) is 11.4 Å². The molecule has 0 aliphatic carbocycles. The van der Waals surface area contributed by atoms with Crippen LogP contribution in [0.15, 0.2) is 30.3 Å². The highest BCUT2D eigenvalue weighted by atomic mass is 35.5. The SMILES string of the molecule is CC1(C)CNCCN1C(=O)C=Cc1ccc(Cl)cc1. The summed E-state index contributed by atoms with van der Waals surface area (Å²) in [6, 6.07) is 7.44. The van der Waals surface area contributed by atoms with Crippen molar-refractivity contribution in [3.63, 3.8) is 0 Å². The summed E-state index contributed by atoms with van der Waals surface area (Å²) in [5.74, 6) is 0.0569. The van der Waals surface area contributed by atoms with Crippen molar-refractivity contribution in [2.24, 2.45) is 0 Å². The first-order valence-electron chi connectivity index (χ1n) is 6.45. The molecule has 1 aliphatic rings. The summed E-state index contributed by atoms with van der Waals surface area (Å²) in [6.07, 6.45) is 3.47. The number of benzene rings is 1. The van der Waals surface area contributed by atoms with Crippen LogP contribution in [-0.4, -0.2) is 36.0 Å². The fourth-order valence-corrected chi connectivity index (χ4v) is 2.35. The molecule has 19 heavy (non-hydrogen) atoms. The standard InChI is InChI=1S/C15H19ClN2O/c1-15(2)11-17-9-10-18(15)14(19)8-5-12-3-6-13(16)7-4-12/h3-8,17H,9-11H2,1-2H3. The Morgan fingerprint density at radius 3 is 2.68 bits per heavy atom. The number of hydrogen-bond donors (Lipinski definition) is 1. The van der Waals surface area contributed by atoms with Crippen LogP contribution < -0.4 is 5.32 Å². The maximum atomic E-state index is 12.2. The summed E-state index contributed by atoms with van der Waals surface area (Å²) >= 11 is 5.83. The molecule has 1 aliphatic heterocycles. The molecule has 0 saturated carbocycles. The minimum atomic E-state index is -0.139. The van der Waals surface area contributed by atoms with E-state index >= 15 is 0 Å². The lowest BCUT2D eigenvalue weighted by Crippen LogP contribution is -2.59. The summed E-state index contributed by atoms with van der Waals surface area (Å²) in [5.41, 5.74) is 0.838. The Morgan fingerprint density at radius 1 is 1.37 bits per heavy atom. The van der Waals surface area contributed by atoms with Crippen LogP contribution in [0.3, 0.4) is 0 Å². The first kappa shape index (κ1) is 14.1. The third kappa shape index (κ3) is 3.58. The van der Waals surface area contributed by atoms with Gasteiger partial charge in [0.1, 0.15) is 0 Å². The number of hydrogen-bond acceptors (Lipinski definition) is 2. The molecule has 1 aromatic rings. The van der Waals surface area contributed by atoms with Crippen molar-refractivity contribution in [1.82, 2.24) is 10.2 Å². The summed E-state index contributed by atoms with van der Waals surface area (Å²) in [5, 5.41) is 4.01. The predicted molar refractivity (Wildman–Crippen MR) is 79.1 cm³/mol. The zero-order valence-corrected chi connectivity index (χ0v) is 12.1. The lowest BCUT2D eigenvalue weighted by Gasteiger charge is -2.42. The molecule has 1 N–H and O–H groups in total. The molecule has 4 heteroatoms. The Hall–Kier alpha value is -1.32. The highest BCUT2D eigenvalue weighted by Gasteiger charge is 2.31. The van der Waals surface area contributed by atoms with E-state index in [0.717, 1.165) is 25.2 Å². The molecule has 3 nitrogen and oxygen atoms in total. The van der Waals surface area contributed by atoms with Crippen molar-refractivity contribution >= 4 is 23.6 Å². The van der Waals surface area contributed by atoms with Gasteiger partial charge in [-0.2, -0.15) is 0 Å². The molecule has 1 heterocycles. The van der Waals surface area contributed by atoms with Crippen LogP contribution in [0.2, 0.25) is 5.02 Å². The molecule has 1 saturated heterocycles. The van der Waals surface area contributed by atoms with Crippen molar-refractivity contribution in [1.29, 1.82) is 0 Å². The van der Waals surface area contributed by atoms with Gasteiger partial charge in [0.25, 0.3) is 0 Å². The third-order valence-corrected chi connectivity index (χ3v) is 3.61. The second kappa shape index (κ2) is 5.76. The molecule has 102 valence electrons. The zero-order chi connectivity index (χ0) is 13.9. The largest absolute Gasteiger partial charge is 0.331 e. The molecular weight excluding hydrogens is 260 g/mol. The number of carbonyl (C=O) groups is 1. The van der Waals surface area contributed by atoms with E-state index < -0.39 is 0 Å². The second-order valence-electron chi connectivity index (χ2n) is 5.36. The van der Waals surface area contributed by atoms with Crippen molar-refractivity contribution in [2.75, 3.05) is 19.6 Å². The number of nitrogens with zero attached hydrogens (tertiary/aromatic N) is 1. The molecule has 0 atom stereocenters. The average Bonchev–Trinajstić information content (AvgIpc) is 2.37. The van der Waals surface area contributed by atoms with Crippen molar-refractivity contribution < 1.29 is 4.79 Å². The van der Waals surface area contributed by atoms with Crippen LogP contribution in [0.1, 0.15) is 19.4 Å². The first-order chi connectivity index (χ1) is 8.99. The summed E-state index contributed by atoms with van der Waals surface area (Å²) < 4.78 is 0. The fourth-order valence-electron chi connectivity index (χ4n) is 2.22. The number of halogens is 1. The molecule has 0 spiro atoms. The Labute approximate surface area is 119 Å². The Bertz CT molecular complexity index is 479. The maximum Gasteiger partial charge on any atom is 0.247 e. The Morgan fingerprint density at radius 2 is 2.05 bits per heavy atom. The van der Waals surface area contributed by atoms with Crippen LogP contribution >= 0.6 is 11.6 Å². The molecule has 0 radical (unpaired) electrons. The lowest BCUT2D eigenvalue weighted by molar-refractivity contribution is -0.132. The molecule has 1 amide bonds. The molecule has 0 unspecified atom stereocenters. The van der Waals surface area contributed by atoms with Gasteiger partial charge in [0, 0.05) is 30.7 Å². The first-order valence-corrected chi connectivity index (χ1v) is 6.83. The predicted octanol–water partition coefficient (Wildman–Crippen LogP) is 2.56. The van der Waals surface area contributed by atoms with Gasteiger partial charge in [-0.05, 0) is 37.6 Å². The van der Waals surface area contributed by atoms with Crippen LogP contribution in [0, 0.1) is 0 Å². The molecule has 1 fully saturated rings. The summed E-state index contributed by atoms with van der Waals surface area (Å²) in [7, 11) is 0. The van der Waals surface area contributed by atoms with Crippen LogP contribution in [0.25, 0.3) is 6.08 Å². The van der Waals surface area contributed by atoms with E-state index in [0.29, 0.717) is 5.02 Å². The van der Waals surface area contributed by atoms with Gasteiger partial charge in [-0.3, -0.25) is 4.79 Å². The molecule has 2 rings (SSSR count). The number of carbonyl (C=O) groups excluding carboxylic acids is 1. The van der Waals surface area contributed by atoms with E-state index in [4.69, 9.17) is 11.6 Å². The quantitative estimate of drug-likeness (QED) is 0.844. The number of piperazine rings is 1. The Kier molecular flexibility index (Phi) is 4.27. The summed E-state index contributed by atoms with van der Waals surface area (Å²) in [4.78, 5) is 14.2. The number of rotatable bonds is 2. The topological polar surface area (TPSA) is 32.3 Å². The van der Waals surface area contributed by atoms with E-state index in [1.54, 1.807) is 6.08 Å². The van der Waals surface area contributed by atoms with Crippen LogP contribution in [0.4, 0.5) is 0 Å². The minimum Gasteiger partial charge on any atom is -0.331 e.